The third-order valence-electron chi connectivity index (χ3n) is 0. The molecule has 17 valence electrons. The molecule has 0 rings (SSSR count). The van der Waals surface area contributed by atoms with E-state index in [0.29, 0.717) is 0 Å². The van der Waals surface area contributed by atoms with Crippen molar-refractivity contribution in [3.63, 3.8) is 0 Å². The van der Waals surface area contributed by atoms with Gasteiger partial charge in [-0.15, -0.1) is 0 Å². The van der Waals surface area contributed by atoms with E-state index in [1.165, 1.54) is 0 Å². The van der Waals surface area contributed by atoms with Gasteiger partial charge in [0.25, 0.3) is 0 Å². The summed E-state index contributed by atoms with van der Waals surface area (Å²) in [4.78, 5) is 0. The van der Waals surface area contributed by atoms with Gasteiger partial charge in [-0.1, -0.05) is 0 Å². The minimum Gasteiger partial charge on any atom is -1.00 e. The Labute approximate surface area is 113 Å². The Hall–Kier alpha value is 3.74. The maximum absolute atomic E-state index is 0. The van der Waals surface area contributed by atoms with Gasteiger partial charge in [-0.25, -0.2) is 0 Å². The van der Waals surface area contributed by atoms with Crippen LogP contribution in [0.25, 0.3) is 0 Å². The van der Waals surface area contributed by atoms with Crippen molar-refractivity contribution in [3.05, 3.63) is 0 Å². The van der Waals surface area contributed by atoms with Crippen LogP contribution in [0.3, 0.4) is 0 Å². The molecule has 0 heterocycles. The average molecular weight is 269 g/mol. The van der Waals surface area contributed by atoms with Crippen LogP contribution >= 0.6 is 0 Å². The molecule has 0 unspecified atom stereocenters. The summed E-state index contributed by atoms with van der Waals surface area (Å²) in [7, 11) is 0. The average Bonchev–Trinajstić information content (AvgIpc) is 0. The molecule has 0 aromatic rings. The van der Waals surface area contributed by atoms with Gasteiger partial charge in [0.2, 0.25) is 0 Å². The van der Waals surface area contributed by atoms with E-state index in [-0.39, 0.29) is 115 Å². The van der Waals surface area contributed by atoms with Crippen LogP contribution in [0, 0.1) is 0 Å². The van der Waals surface area contributed by atoms with E-state index in [1.807, 2.05) is 0 Å². The van der Waals surface area contributed by atoms with E-state index in [0.717, 1.165) is 0 Å². The first-order chi connectivity index (χ1) is 0. The molecule has 0 N–H and O–H groups in total. The molecule has 0 aliphatic carbocycles. The normalized spacial score (nSPS) is 0. The molecule has 0 fully saturated rings. The van der Waals surface area contributed by atoms with E-state index in [2.05, 4.69) is 0 Å². The molecular weight excluding hydrogens is 266 g/mol. The van der Waals surface area contributed by atoms with E-state index in [4.69, 9.17) is 0 Å². The second-order valence-corrected chi connectivity index (χ2v) is 0. The molecular formula is H3AuNa3. The van der Waals surface area contributed by atoms with Crippen LogP contribution in [0.5, 0.6) is 0 Å². The van der Waals surface area contributed by atoms with Crippen molar-refractivity contribution in [3.8, 4) is 0 Å². The maximum atomic E-state index is 0. The SMILES string of the molecule is [Au].[H-].[H-].[H-].[Na+].[Na+].[Na+]. The Bertz CT molecular complexity index is 10.1. The summed E-state index contributed by atoms with van der Waals surface area (Å²) < 4.78 is 0. The van der Waals surface area contributed by atoms with Crippen LogP contribution in [-0.4, -0.2) is 0 Å². The summed E-state index contributed by atoms with van der Waals surface area (Å²) in [6.45, 7) is 0. The van der Waals surface area contributed by atoms with Crippen molar-refractivity contribution in [2.75, 3.05) is 0 Å². The van der Waals surface area contributed by atoms with Gasteiger partial charge in [0.05, 0.1) is 0 Å². The third kappa shape index (κ3) is 9.22. The molecule has 0 spiro atoms. The molecule has 0 nitrogen and oxygen atoms in total. The minimum atomic E-state index is 0. The Balaban J connectivity index is 0. The zero-order valence-electron chi connectivity index (χ0n) is 6.30. The molecule has 4 heavy (non-hydrogen) atoms. The van der Waals surface area contributed by atoms with Crippen molar-refractivity contribution < 1.29 is 115 Å². The molecule has 0 aromatic carbocycles. The maximum Gasteiger partial charge on any atom is 1.00 e. The fourth-order valence-electron chi connectivity index (χ4n) is 0. The van der Waals surface area contributed by atoms with Crippen molar-refractivity contribution >= 4 is 0 Å². The summed E-state index contributed by atoms with van der Waals surface area (Å²) in [5, 5.41) is 0. The van der Waals surface area contributed by atoms with Gasteiger partial charge in [-0.2, -0.15) is 0 Å². The van der Waals surface area contributed by atoms with E-state index < -0.39 is 0 Å². The molecule has 0 aliphatic rings. The van der Waals surface area contributed by atoms with Gasteiger partial charge < -0.3 is 4.28 Å². The van der Waals surface area contributed by atoms with Gasteiger partial charge in [-0.05, 0) is 0 Å². The van der Waals surface area contributed by atoms with E-state index >= 15 is 0 Å². The number of hydrogen-bond acceptors (Lipinski definition) is 0. The van der Waals surface area contributed by atoms with Crippen molar-refractivity contribution in [2.24, 2.45) is 0 Å². The second-order valence-electron chi connectivity index (χ2n) is 0. The first-order valence-corrected chi connectivity index (χ1v) is 0. The second kappa shape index (κ2) is 15.9. The van der Waals surface area contributed by atoms with E-state index in [1.54, 1.807) is 0 Å². The van der Waals surface area contributed by atoms with Gasteiger partial charge in [0.15, 0.2) is 0 Å². The zero-order valence-corrected chi connectivity index (χ0v) is 11.5. The first-order valence-electron chi connectivity index (χ1n) is 0. The Kier molecular flexibility index (Phi) is 99.8. The van der Waals surface area contributed by atoms with Gasteiger partial charge in [0, 0.05) is 22.4 Å². The summed E-state index contributed by atoms with van der Waals surface area (Å²) in [5.41, 5.74) is 0. The molecule has 0 saturated heterocycles. The molecule has 0 aliphatic heterocycles. The molecule has 0 aromatic heterocycles. The fraction of sp³-hybridized carbons (Fsp3) is 0. The van der Waals surface area contributed by atoms with Gasteiger partial charge >= 0.3 is 88.7 Å². The Morgan fingerprint density at radius 3 is 0.750 bits per heavy atom. The zero-order chi connectivity index (χ0) is 0. The quantitative estimate of drug-likeness (QED) is 0.383. The van der Waals surface area contributed by atoms with Crippen LogP contribution in [0.2, 0.25) is 0 Å². The third-order valence-corrected chi connectivity index (χ3v) is 0. The smallest absolute Gasteiger partial charge is 1.00 e. The Morgan fingerprint density at radius 2 is 0.750 bits per heavy atom. The number of rotatable bonds is 0. The van der Waals surface area contributed by atoms with Crippen LogP contribution in [-0.2, 0) is 22.4 Å². The first kappa shape index (κ1) is 25.1. The van der Waals surface area contributed by atoms with Crippen LogP contribution in [0.1, 0.15) is 4.28 Å². The molecule has 0 bridgehead atoms. The predicted molar refractivity (Wildman–Crippen MR) is 3.34 cm³/mol. The molecule has 4 heteroatoms. The standard InChI is InChI=1S/Au.3Na.3H/q;3*+1;3*-1. The predicted octanol–water partition coefficient (Wildman–Crippen LogP) is -8.65. The summed E-state index contributed by atoms with van der Waals surface area (Å²) in [6, 6.07) is 0. The Morgan fingerprint density at radius 1 is 0.750 bits per heavy atom. The topological polar surface area (TPSA) is 0 Å². The monoisotopic (exact) mass is 269 g/mol. The molecule has 0 saturated carbocycles. The van der Waals surface area contributed by atoms with Crippen LogP contribution in [0.4, 0.5) is 0 Å². The van der Waals surface area contributed by atoms with Crippen molar-refractivity contribution in [2.45, 2.75) is 0 Å². The largest absolute Gasteiger partial charge is 1.00 e. The van der Waals surface area contributed by atoms with E-state index in [9.17, 15) is 0 Å². The summed E-state index contributed by atoms with van der Waals surface area (Å²) in [5.74, 6) is 0. The number of hydrogen-bond donors (Lipinski definition) is 0. The van der Waals surface area contributed by atoms with Crippen molar-refractivity contribution in [1.82, 2.24) is 0 Å². The summed E-state index contributed by atoms with van der Waals surface area (Å²) in [6.07, 6.45) is 0. The van der Waals surface area contributed by atoms with Gasteiger partial charge in [-0.3, -0.25) is 0 Å². The molecule has 0 amide bonds. The minimum absolute atomic E-state index is 0. The summed E-state index contributed by atoms with van der Waals surface area (Å²) >= 11 is 0. The van der Waals surface area contributed by atoms with Crippen LogP contribution in [0.15, 0.2) is 0 Å². The van der Waals surface area contributed by atoms with Crippen LogP contribution < -0.4 is 88.7 Å². The van der Waals surface area contributed by atoms with Gasteiger partial charge in [0.1, 0.15) is 0 Å². The molecule has 1 radical (unpaired) electrons. The van der Waals surface area contributed by atoms with Crippen molar-refractivity contribution in [1.29, 1.82) is 0 Å². The molecule has 0 atom stereocenters. The fourth-order valence-corrected chi connectivity index (χ4v) is 0.